The van der Waals surface area contributed by atoms with E-state index in [4.69, 9.17) is 10.5 Å². The Bertz CT molecular complexity index is 303. The lowest BCUT2D eigenvalue weighted by Crippen LogP contribution is -2.17. The Morgan fingerprint density at radius 2 is 2.27 bits per heavy atom. The van der Waals surface area contributed by atoms with E-state index in [1.165, 1.54) is 0 Å². The molecule has 0 atom stereocenters. The molecule has 0 aliphatic rings. The zero-order chi connectivity index (χ0) is 11.1. The van der Waals surface area contributed by atoms with Crippen LogP contribution in [0.5, 0.6) is 11.5 Å². The molecule has 0 amide bonds. The van der Waals surface area contributed by atoms with Crippen LogP contribution in [0.2, 0.25) is 0 Å². The number of phenols is 1. The van der Waals surface area contributed by atoms with Crippen molar-refractivity contribution in [3.05, 3.63) is 23.8 Å². The molecule has 0 unspecified atom stereocenters. The van der Waals surface area contributed by atoms with Crippen LogP contribution in [0.4, 0.5) is 0 Å². The fourth-order valence-corrected chi connectivity index (χ4v) is 1.29. The van der Waals surface area contributed by atoms with Crippen molar-refractivity contribution in [2.75, 3.05) is 20.2 Å². The van der Waals surface area contributed by atoms with Gasteiger partial charge in [0.2, 0.25) is 0 Å². The zero-order valence-corrected chi connectivity index (χ0v) is 8.99. The molecule has 0 saturated carbocycles. The smallest absolute Gasteiger partial charge is 0.160 e. The number of aromatic hydroxyl groups is 1. The number of hydrogen-bond donors (Lipinski definition) is 3. The third kappa shape index (κ3) is 3.77. The Hall–Kier alpha value is -1.26. The van der Waals surface area contributed by atoms with Gasteiger partial charge in [-0.15, -0.1) is 0 Å². The number of nitrogens with one attached hydrogen (secondary N) is 1. The predicted molar refractivity (Wildman–Crippen MR) is 60.0 cm³/mol. The van der Waals surface area contributed by atoms with Gasteiger partial charge in [0.05, 0.1) is 7.11 Å². The Balaban J connectivity index is 2.47. The average molecular weight is 210 g/mol. The Morgan fingerprint density at radius 3 is 2.93 bits per heavy atom. The van der Waals surface area contributed by atoms with Crippen LogP contribution in [0, 0.1) is 0 Å². The van der Waals surface area contributed by atoms with Gasteiger partial charge in [-0.05, 0) is 37.2 Å². The molecule has 0 saturated heterocycles. The summed E-state index contributed by atoms with van der Waals surface area (Å²) in [7, 11) is 1.54. The molecule has 0 bridgehead atoms. The first-order valence-electron chi connectivity index (χ1n) is 5.04. The molecule has 0 heterocycles. The minimum absolute atomic E-state index is 0.170. The molecular weight excluding hydrogens is 192 g/mol. The number of rotatable bonds is 6. The average Bonchev–Trinajstić information content (AvgIpc) is 2.26. The van der Waals surface area contributed by atoms with E-state index < -0.39 is 0 Å². The molecule has 0 fully saturated rings. The van der Waals surface area contributed by atoms with E-state index in [2.05, 4.69) is 5.32 Å². The van der Waals surface area contributed by atoms with E-state index in [-0.39, 0.29) is 5.75 Å². The Labute approximate surface area is 90.1 Å². The Kier molecular flexibility index (Phi) is 4.93. The van der Waals surface area contributed by atoms with E-state index in [0.717, 1.165) is 25.1 Å². The number of methoxy groups -OCH3 is 1. The third-order valence-corrected chi connectivity index (χ3v) is 2.13. The van der Waals surface area contributed by atoms with E-state index in [0.29, 0.717) is 12.3 Å². The number of ether oxygens (including phenoxy) is 1. The highest BCUT2D eigenvalue weighted by Gasteiger charge is 2.01. The quantitative estimate of drug-likeness (QED) is 0.609. The van der Waals surface area contributed by atoms with Crippen molar-refractivity contribution in [3.8, 4) is 11.5 Å². The van der Waals surface area contributed by atoms with Crippen molar-refractivity contribution in [3.63, 3.8) is 0 Å². The molecule has 15 heavy (non-hydrogen) atoms. The first-order valence-corrected chi connectivity index (χ1v) is 5.04. The molecule has 84 valence electrons. The molecule has 4 heteroatoms. The topological polar surface area (TPSA) is 67.5 Å². The largest absolute Gasteiger partial charge is 0.504 e. The minimum atomic E-state index is 0.170. The minimum Gasteiger partial charge on any atom is -0.504 e. The summed E-state index contributed by atoms with van der Waals surface area (Å²) in [5, 5.41) is 12.6. The summed E-state index contributed by atoms with van der Waals surface area (Å²) in [6.07, 6.45) is 0.967. The van der Waals surface area contributed by atoms with Gasteiger partial charge in [0.25, 0.3) is 0 Å². The molecule has 4 nitrogen and oxygen atoms in total. The molecule has 0 aliphatic heterocycles. The van der Waals surface area contributed by atoms with E-state index in [9.17, 15) is 5.11 Å². The molecule has 1 rings (SSSR count). The van der Waals surface area contributed by atoms with Crippen LogP contribution in [0.3, 0.4) is 0 Å². The lowest BCUT2D eigenvalue weighted by molar-refractivity contribution is 0.373. The molecule has 0 spiro atoms. The Morgan fingerprint density at radius 1 is 1.47 bits per heavy atom. The third-order valence-electron chi connectivity index (χ3n) is 2.13. The van der Waals surface area contributed by atoms with E-state index in [1.807, 2.05) is 12.1 Å². The van der Waals surface area contributed by atoms with Gasteiger partial charge < -0.3 is 20.9 Å². The van der Waals surface area contributed by atoms with Gasteiger partial charge in [-0.2, -0.15) is 0 Å². The van der Waals surface area contributed by atoms with Crippen LogP contribution in [0.1, 0.15) is 12.0 Å². The van der Waals surface area contributed by atoms with Gasteiger partial charge in [0.15, 0.2) is 11.5 Å². The summed E-state index contributed by atoms with van der Waals surface area (Å²) in [4.78, 5) is 0. The number of phenolic OH excluding ortho intramolecular Hbond substituents is 1. The second-order valence-electron chi connectivity index (χ2n) is 3.33. The van der Waals surface area contributed by atoms with Gasteiger partial charge in [-0.25, -0.2) is 0 Å². The van der Waals surface area contributed by atoms with Gasteiger partial charge in [-0.3, -0.25) is 0 Å². The fourth-order valence-electron chi connectivity index (χ4n) is 1.29. The summed E-state index contributed by atoms with van der Waals surface area (Å²) in [5.41, 5.74) is 6.47. The number of benzene rings is 1. The zero-order valence-electron chi connectivity index (χ0n) is 8.99. The van der Waals surface area contributed by atoms with Crippen LogP contribution in [0.15, 0.2) is 18.2 Å². The maximum absolute atomic E-state index is 9.38. The second-order valence-corrected chi connectivity index (χ2v) is 3.33. The summed E-state index contributed by atoms with van der Waals surface area (Å²) >= 11 is 0. The van der Waals surface area contributed by atoms with Gasteiger partial charge in [-0.1, -0.05) is 6.07 Å². The van der Waals surface area contributed by atoms with Crippen molar-refractivity contribution in [2.45, 2.75) is 13.0 Å². The van der Waals surface area contributed by atoms with Crippen molar-refractivity contribution in [1.29, 1.82) is 0 Å². The normalized spacial score (nSPS) is 10.3. The van der Waals surface area contributed by atoms with E-state index in [1.54, 1.807) is 13.2 Å². The van der Waals surface area contributed by atoms with Crippen LogP contribution < -0.4 is 15.8 Å². The van der Waals surface area contributed by atoms with Gasteiger partial charge >= 0.3 is 0 Å². The lowest BCUT2D eigenvalue weighted by atomic mass is 10.2. The van der Waals surface area contributed by atoms with Crippen molar-refractivity contribution in [2.24, 2.45) is 5.73 Å². The first-order chi connectivity index (χ1) is 7.27. The molecule has 1 aromatic rings. The molecule has 0 aromatic heterocycles. The molecule has 0 aliphatic carbocycles. The fraction of sp³-hybridized carbons (Fsp3) is 0.455. The summed E-state index contributed by atoms with van der Waals surface area (Å²) in [6, 6.07) is 5.33. The predicted octanol–water partition coefficient (Wildman–Crippen LogP) is 0.839. The molecule has 4 N–H and O–H groups in total. The van der Waals surface area contributed by atoms with Crippen molar-refractivity contribution in [1.82, 2.24) is 5.32 Å². The molecular formula is C11H18N2O2. The highest BCUT2D eigenvalue weighted by atomic mass is 16.5. The van der Waals surface area contributed by atoms with Crippen LogP contribution in [0.25, 0.3) is 0 Å². The van der Waals surface area contributed by atoms with Crippen molar-refractivity contribution >= 4 is 0 Å². The number of hydrogen-bond acceptors (Lipinski definition) is 4. The summed E-state index contributed by atoms with van der Waals surface area (Å²) < 4.78 is 5.02. The summed E-state index contributed by atoms with van der Waals surface area (Å²) in [6.45, 7) is 2.36. The maximum atomic E-state index is 9.38. The molecule has 0 radical (unpaired) electrons. The standard InChI is InChI=1S/C11H18N2O2/c1-15-11-7-9(3-4-10(11)14)8-13-6-2-5-12/h3-4,7,13-14H,2,5-6,8,12H2,1H3. The second kappa shape index (κ2) is 6.27. The van der Waals surface area contributed by atoms with Crippen molar-refractivity contribution < 1.29 is 9.84 Å². The first kappa shape index (κ1) is 11.8. The van der Waals surface area contributed by atoms with Crippen LogP contribution >= 0.6 is 0 Å². The van der Waals surface area contributed by atoms with Gasteiger partial charge in [0.1, 0.15) is 0 Å². The lowest BCUT2D eigenvalue weighted by Gasteiger charge is -2.07. The highest BCUT2D eigenvalue weighted by Crippen LogP contribution is 2.25. The highest BCUT2D eigenvalue weighted by molar-refractivity contribution is 5.41. The maximum Gasteiger partial charge on any atom is 0.160 e. The van der Waals surface area contributed by atoms with Crippen LogP contribution in [-0.4, -0.2) is 25.3 Å². The monoisotopic (exact) mass is 210 g/mol. The van der Waals surface area contributed by atoms with E-state index >= 15 is 0 Å². The number of nitrogens with two attached hydrogens (primary N) is 1. The van der Waals surface area contributed by atoms with Crippen LogP contribution in [-0.2, 0) is 6.54 Å². The SMILES string of the molecule is COc1cc(CNCCCN)ccc1O. The molecule has 1 aromatic carbocycles. The summed E-state index contributed by atoms with van der Waals surface area (Å²) in [5.74, 6) is 0.677. The van der Waals surface area contributed by atoms with Gasteiger partial charge in [0, 0.05) is 6.54 Å².